The number of amides is 1. The first-order valence-electron chi connectivity index (χ1n) is 7.29. The van der Waals surface area contributed by atoms with Gasteiger partial charge in [0.05, 0.1) is 19.8 Å². The van der Waals surface area contributed by atoms with Crippen molar-refractivity contribution in [3.05, 3.63) is 47.2 Å². The van der Waals surface area contributed by atoms with Crippen molar-refractivity contribution in [2.75, 3.05) is 19.5 Å². The molecule has 1 aromatic carbocycles. The summed E-state index contributed by atoms with van der Waals surface area (Å²) in [7, 11) is 3.01. The van der Waals surface area contributed by atoms with Crippen molar-refractivity contribution < 1.29 is 23.8 Å². The summed E-state index contributed by atoms with van der Waals surface area (Å²) in [6.07, 6.45) is 0.266. The van der Waals surface area contributed by atoms with Crippen LogP contribution in [0.3, 0.4) is 0 Å². The maximum atomic E-state index is 12.2. The summed E-state index contributed by atoms with van der Waals surface area (Å²) in [5.41, 5.74) is 0.657. The molecular weight excluding hydrogens is 348 g/mol. The predicted octanol–water partition coefficient (Wildman–Crippen LogP) is 2.94. The zero-order valence-electron chi connectivity index (χ0n) is 13.9. The lowest BCUT2D eigenvalue weighted by molar-refractivity contribution is -0.123. The molecule has 7 nitrogen and oxygen atoms in total. The largest absolute Gasteiger partial charge is 0.497 e. The molecule has 1 unspecified atom stereocenters. The summed E-state index contributed by atoms with van der Waals surface area (Å²) in [5, 5.41) is 2.90. The molecule has 0 saturated heterocycles. The Morgan fingerprint density at radius 1 is 1.12 bits per heavy atom. The van der Waals surface area contributed by atoms with Crippen molar-refractivity contribution in [2.45, 2.75) is 13.0 Å². The Balaban J connectivity index is 2.02. The zero-order chi connectivity index (χ0) is 18.4. The molecule has 0 spiro atoms. The van der Waals surface area contributed by atoms with Gasteiger partial charge in [0.2, 0.25) is 0 Å². The first kappa shape index (κ1) is 18.5. The van der Waals surface area contributed by atoms with E-state index in [1.54, 1.807) is 18.2 Å². The Morgan fingerprint density at radius 2 is 1.76 bits per heavy atom. The van der Waals surface area contributed by atoms with E-state index in [-0.39, 0.29) is 10.7 Å². The molecule has 0 aliphatic carbocycles. The minimum absolute atomic E-state index is 0.201. The Labute approximate surface area is 149 Å². The van der Waals surface area contributed by atoms with Crippen LogP contribution in [0.4, 0.5) is 5.69 Å². The fraction of sp³-hybridized carbons (Fsp3) is 0.235. The third kappa shape index (κ3) is 5.09. The number of halogens is 1. The fourth-order valence-electron chi connectivity index (χ4n) is 1.90. The van der Waals surface area contributed by atoms with Gasteiger partial charge in [-0.3, -0.25) is 4.79 Å². The van der Waals surface area contributed by atoms with Gasteiger partial charge in [0.15, 0.2) is 6.10 Å². The summed E-state index contributed by atoms with van der Waals surface area (Å²) in [5.74, 6) is -0.126. The Kier molecular flexibility index (Phi) is 6.19. The molecule has 1 heterocycles. The number of nitrogens with one attached hydrogen (secondary N) is 1. The average Bonchev–Trinajstić information content (AvgIpc) is 2.61. The highest BCUT2D eigenvalue weighted by atomic mass is 35.5. The summed E-state index contributed by atoms with van der Waals surface area (Å²) >= 11 is 5.66. The van der Waals surface area contributed by atoms with Gasteiger partial charge in [0.25, 0.3) is 5.91 Å². The van der Waals surface area contributed by atoms with Crippen LogP contribution in [0.1, 0.15) is 17.3 Å². The van der Waals surface area contributed by atoms with E-state index >= 15 is 0 Å². The number of methoxy groups -OCH3 is 2. The molecule has 132 valence electrons. The molecule has 0 aliphatic rings. The molecule has 1 atom stereocenters. The number of rotatable bonds is 6. The van der Waals surface area contributed by atoms with Crippen molar-refractivity contribution in [2.24, 2.45) is 0 Å². The average molecular weight is 365 g/mol. The molecule has 1 aromatic heterocycles. The lowest BCUT2D eigenvalue weighted by atomic mass is 10.2. The van der Waals surface area contributed by atoms with Crippen molar-refractivity contribution in [3.8, 4) is 11.5 Å². The van der Waals surface area contributed by atoms with E-state index in [2.05, 4.69) is 10.3 Å². The van der Waals surface area contributed by atoms with E-state index in [1.807, 2.05) is 0 Å². The monoisotopic (exact) mass is 364 g/mol. The van der Waals surface area contributed by atoms with Crippen molar-refractivity contribution in [1.82, 2.24) is 4.98 Å². The maximum Gasteiger partial charge on any atom is 0.340 e. The molecule has 0 fully saturated rings. The molecule has 8 heteroatoms. The number of pyridine rings is 1. The fourth-order valence-corrected chi connectivity index (χ4v) is 2.01. The van der Waals surface area contributed by atoms with E-state index in [9.17, 15) is 9.59 Å². The number of hydrogen-bond acceptors (Lipinski definition) is 6. The van der Waals surface area contributed by atoms with Crippen LogP contribution in [0, 0.1) is 0 Å². The topological polar surface area (TPSA) is 86.8 Å². The summed E-state index contributed by atoms with van der Waals surface area (Å²) in [4.78, 5) is 28.0. The van der Waals surface area contributed by atoms with Gasteiger partial charge in [0, 0.05) is 30.1 Å². The summed E-state index contributed by atoms with van der Waals surface area (Å²) < 4.78 is 15.4. The number of hydrogen-bond donors (Lipinski definition) is 1. The molecule has 0 bridgehead atoms. The van der Waals surface area contributed by atoms with Crippen LogP contribution in [0.2, 0.25) is 5.15 Å². The molecule has 1 N–H and O–H groups in total. The van der Waals surface area contributed by atoms with E-state index in [0.29, 0.717) is 17.2 Å². The minimum atomic E-state index is -1.01. The number of anilines is 1. The molecule has 0 saturated carbocycles. The van der Waals surface area contributed by atoms with Crippen LogP contribution in [-0.2, 0) is 9.53 Å². The summed E-state index contributed by atoms with van der Waals surface area (Å²) in [6, 6.07) is 7.85. The third-order valence-electron chi connectivity index (χ3n) is 3.24. The first-order chi connectivity index (χ1) is 11.9. The highest BCUT2D eigenvalue weighted by Crippen LogP contribution is 2.26. The van der Waals surface area contributed by atoms with Gasteiger partial charge in [-0.05, 0) is 19.1 Å². The molecule has 2 aromatic rings. The number of benzene rings is 1. The lowest BCUT2D eigenvalue weighted by Crippen LogP contribution is -2.30. The van der Waals surface area contributed by atoms with Gasteiger partial charge >= 0.3 is 5.97 Å². The standard InChI is InChI=1S/C17H17ClN2O5/c1-10(25-17(22)11-4-5-15(18)19-9-11)16(21)20-12-6-13(23-2)8-14(7-12)24-3/h4-10H,1-3H3,(H,20,21). The number of esters is 1. The molecule has 1 amide bonds. The number of aromatic nitrogens is 1. The van der Waals surface area contributed by atoms with Crippen LogP contribution < -0.4 is 14.8 Å². The Hall–Kier alpha value is -2.80. The number of nitrogens with zero attached hydrogens (tertiary/aromatic N) is 1. The Bertz CT molecular complexity index is 742. The van der Waals surface area contributed by atoms with Gasteiger partial charge in [0.1, 0.15) is 16.7 Å². The van der Waals surface area contributed by atoms with E-state index in [0.717, 1.165) is 0 Å². The van der Waals surface area contributed by atoms with Crippen LogP contribution in [0.5, 0.6) is 11.5 Å². The van der Waals surface area contributed by atoms with Gasteiger partial charge in [-0.2, -0.15) is 0 Å². The number of carbonyl (C=O) groups excluding carboxylic acids is 2. The predicted molar refractivity (Wildman–Crippen MR) is 92.3 cm³/mol. The van der Waals surface area contributed by atoms with E-state index < -0.39 is 18.0 Å². The second kappa shape index (κ2) is 8.34. The molecule has 2 rings (SSSR count). The van der Waals surface area contributed by atoms with Gasteiger partial charge < -0.3 is 19.5 Å². The van der Waals surface area contributed by atoms with Crippen molar-refractivity contribution in [1.29, 1.82) is 0 Å². The highest BCUT2D eigenvalue weighted by molar-refractivity contribution is 6.29. The smallest absolute Gasteiger partial charge is 0.340 e. The van der Waals surface area contributed by atoms with Crippen LogP contribution in [-0.4, -0.2) is 37.2 Å². The molecular formula is C17H17ClN2O5. The third-order valence-corrected chi connectivity index (χ3v) is 3.46. The first-order valence-corrected chi connectivity index (χ1v) is 7.67. The highest BCUT2D eigenvalue weighted by Gasteiger charge is 2.19. The van der Waals surface area contributed by atoms with Crippen LogP contribution in [0.15, 0.2) is 36.5 Å². The quantitative estimate of drug-likeness (QED) is 0.626. The van der Waals surface area contributed by atoms with E-state index in [1.165, 1.54) is 39.5 Å². The number of carbonyl (C=O) groups is 2. The Morgan fingerprint density at radius 3 is 2.28 bits per heavy atom. The van der Waals surface area contributed by atoms with Crippen LogP contribution in [0.25, 0.3) is 0 Å². The second-order valence-corrected chi connectivity index (χ2v) is 5.39. The van der Waals surface area contributed by atoms with Gasteiger partial charge in [-0.1, -0.05) is 11.6 Å². The summed E-state index contributed by atoms with van der Waals surface area (Å²) in [6.45, 7) is 1.47. The maximum absolute atomic E-state index is 12.2. The molecule has 0 aliphatic heterocycles. The van der Waals surface area contributed by atoms with Crippen molar-refractivity contribution >= 4 is 29.2 Å². The minimum Gasteiger partial charge on any atom is -0.497 e. The number of ether oxygens (including phenoxy) is 3. The normalized spacial score (nSPS) is 11.4. The van der Waals surface area contributed by atoms with Gasteiger partial charge in [-0.25, -0.2) is 9.78 Å². The molecule has 0 radical (unpaired) electrons. The zero-order valence-corrected chi connectivity index (χ0v) is 14.7. The van der Waals surface area contributed by atoms with Crippen molar-refractivity contribution in [3.63, 3.8) is 0 Å². The van der Waals surface area contributed by atoms with Gasteiger partial charge in [-0.15, -0.1) is 0 Å². The molecule has 25 heavy (non-hydrogen) atoms. The second-order valence-electron chi connectivity index (χ2n) is 5.01. The SMILES string of the molecule is COc1cc(NC(=O)C(C)OC(=O)c2ccc(Cl)nc2)cc(OC)c1. The lowest BCUT2D eigenvalue weighted by Gasteiger charge is -2.14. The van der Waals surface area contributed by atoms with E-state index in [4.69, 9.17) is 25.8 Å². The van der Waals surface area contributed by atoms with Crippen LogP contribution >= 0.6 is 11.6 Å².